The molecule has 0 aliphatic rings. The van der Waals surface area contributed by atoms with Gasteiger partial charge in [-0.1, -0.05) is 0 Å². The number of sulfone groups is 1. The molecule has 0 aromatic carbocycles. The Hall–Kier alpha value is -0.400. The van der Waals surface area contributed by atoms with Crippen LogP contribution in [0, 0.1) is 0 Å². The third-order valence-corrected chi connectivity index (χ3v) is 4.69. The minimum Gasteiger partial charge on any atom is -0.322 e. The number of nitrogens with zero attached hydrogens (tertiary/aromatic N) is 2. The van der Waals surface area contributed by atoms with Gasteiger partial charge in [-0.05, 0) is 22.9 Å². The van der Waals surface area contributed by atoms with E-state index >= 15 is 0 Å². The van der Waals surface area contributed by atoms with Crippen molar-refractivity contribution in [3.8, 4) is 0 Å². The van der Waals surface area contributed by atoms with Gasteiger partial charge in [0.2, 0.25) is 0 Å². The molecule has 15 heavy (non-hydrogen) atoms. The van der Waals surface area contributed by atoms with Crippen LogP contribution in [0.4, 0.5) is 0 Å². The zero-order valence-corrected chi connectivity index (χ0v) is 11.2. The summed E-state index contributed by atoms with van der Waals surface area (Å²) in [4.78, 5) is 0. The fraction of sp³-hybridized carbons (Fsp3) is 0.625. The van der Waals surface area contributed by atoms with Crippen LogP contribution in [-0.2, 0) is 16.9 Å². The van der Waals surface area contributed by atoms with E-state index in [1.165, 1.54) is 6.26 Å². The van der Waals surface area contributed by atoms with Crippen LogP contribution < -0.4 is 5.73 Å². The van der Waals surface area contributed by atoms with Crippen LogP contribution in [0.25, 0.3) is 0 Å². The molecule has 0 spiro atoms. The molecule has 0 radical (unpaired) electrons. The SMILES string of the molecule is CC(C(N)c1c(Br)cnn1C)S(C)(=O)=O. The highest BCUT2D eigenvalue weighted by Gasteiger charge is 2.27. The molecule has 5 nitrogen and oxygen atoms in total. The molecule has 2 atom stereocenters. The summed E-state index contributed by atoms with van der Waals surface area (Å²) >= 11 is 3.29. The average Bonchev–Trinajstić information content (AvgIpc) is 2.42. The zero-order valence-electron chi connectivity index (χ0n) is 8.81. The van der Waals surface area contributed by atoms with Crippen molar-refractivity contribution in [2.75, 3.05) is 6.26 Å². The fourth-order valence-corrected chi connectivity index (χ4v) is 2.56. The number of rotatable bonds is 3. The van der Waals surface area contributed by atoms with E-state index in [9.17, 15) is 8.42 Å². The molecular formula is C8H14BrN3O2S. The Morgan fingerprint density at radius 1 is 1.60 bits per heavy atom. The second kappa shape index (κ2) is 4.23. The first-order chi connectivity index (χ1) is 6.75. The summed E-state index contributed by atoms with van der Waals surface area (Å²) in [7, 11) is -1.42. The van der Waals surface area contributed by atoms with Crippen molar-refractivity contribution in [1.82, 2.24) is 9.78 Å². The van der Waals surface area contributed by atoms with Crippen LogP contribution >= 0.6 is 15.9 Å². The minimum absolute atomic E-state index is 0.582. The van der Waals surface area contributed by atoms with Crippen molar-refractivity contribution >= 4 is 25.8 Å². The number of hydrogen-bond donors (Lipinski definition) is 1. The highest BCUT2D eigenvalue weighted by Crippen LogP contribution is 2.25. The van der Waals surface area contributed by atoms with Gasteiger partial charge in [0.25, 0.3) is 0 Å². The summed E-state index contributed by atoms with van der Waals surface area (Å²) in [6, 6.07) is -0.582. The topological polar surface area (TPSA) is 78.0 Å². The minimum atomic E-state index is -3.15. The highest BCUT2D eigenvalue weighted by atomic mass is 79.9. The Kier molecular flexibility index (Phi) is 3.57. The van der Waals surface area contributed by atoms with E-state index in [-0.39, 0.29) is 0 Å². The molecule has 0 aliphatic heterocycles. The van der Waals surface area contributed by atoms with E-state index in [1.54, 1.807) is 24.9 Å². The molecule has 1 rings (SSSR count). The number of halogens is 1. The Morgan fingerprint density at radius 3 is 2.47 bits per heavy atom. The molecule has 1 aromatic rings. The van der Waals surface area contributed by atoms with Crippen molar-refractivity contribution in [2.45, 2.75) is 18.2 Å². The average molecular weight is 296 g/mol. The number of aromatic nitrogens is 2. The summed E-state index contributed by atoms with van der Waals surface area (Å²) in [5.41, 5.74) is 6.59. The molecule has 0 saturated carbocycles. The molecule has 1 heterocycles. The Labute approximate surface area is 97.7 Å². The highest BCUT2D eigenvalue weighted by molar-refractivity contribution is 9.10. The number of aryl methyl sites for hydroxylation is 1. The third kappa shape index (κ3) is 2.59. The van der Waals surface area contributed by atoms with E-state index < -0.39 is 21.1 Å². The van der Waals surface area contributed by atoms with Crippen LogP contribution in [-0.4, -0.2) is 29.7 Å². The van der Waals surface area contributed by atoms with E-state index in [0.717, 1.165) is 4.47 Å². The van der Waals surface area contributed by atoms with Gasteiger partial charge in [0.1, 0.15) is 0 Å². The molecule has 7 heteroatoms. The van der Waals surface area contributed by atoms with Gasteiger partial charge in [0.05, 0.1) is 27.7 Å². The van der Waals surface area contributed by atoms with Gasteiger partial charge in [0.15, 0.2) is 9.84 Å². The van der Waals surface area contributed by atoms with Crippen molar-refractivity contribution in [3.05, 3.63) is 16.4 Å². The largest absolute Gasteiger partial charge is 0.322 e. The van der Waals surface area contributed by atoms with Crippen LogP contribution in [0.1, 0.15) is 18.7 Å². The lowest BCUT2D eigenvalue weighted by atomic mass is 10.1. The van der Waals surface area contributed by atoms with Crippen molar-refractivity contribution in [3.63, 3.8) is 0 Å². The first-order valence-corrected chi connectivity index (χ1v) is 7.11. The maximum absolute atomic E-state index is 11.4. The molecule has 2 N–H and O–H groups in total. The van der Waals surface area contributed by atoms with Gasteiger partial charge in [-0.15, -0.1) is 0 Å². The van der Waals surface area contributed by atoms with Gasteiger partial charge >= 0.3 is 0 Å². The van der Waals surface area contributed by atoms with Gasteiger partial charge in [-0.3, -0.25) is 4.68 Å². The summed E-state index contributed by atoms with van der Waals surface area (Å²) in [6.45, 7) is 1.60. The number of hydrogen-bond acceptors (Lipinski definition) is 4. The van der Waals surface area contributed by atoms with E-state index in [4.69, 9.17) is 5.73 Å². The fourth-order valence-electron chi connectivity index (χ4n) is 1.28. The second-order valence-electron chi connectivity index (χ2n) is 3.56. The quantitative estimate of drug-likeness (QED) is 0.886. The molecule has 0 bridgehead atoms. The van der Waals surface area contributed by atoms with Crippen molar-refractivity contribution in [2.24, 2.45) is 12.8 Å². The predicted molar refractivity (Wildman–Crippen MR) is 62.1 cm³/mol. The lowest BCUT2D eigenvalue weighted by molar-refractivity contribution is 0.553. The Balaban J connectivity index is 3.10. The molecule has 0 fully saturated rings. The van der Waals surface area contributed by atoms with Crippen LogP contribution in [0.2, 0.25) is 0 Å². The first-order valence-electron chi connectivity index (χ1n) is 4.37. The van der Waals surface area contributed by atoms with E-state index in [2.05, 4.69) is 21.0 Å². The Morgan fingerprint density at radius 2 is 2.13 bits per heavy atom. The monoisotopic (exact) mass is 295 g/mol. The van der Waals surface area contributed by atoms with Crippen LogP contribution in [0.5, 0.6) is 0 Å². The zero-order chi connectivity index (χ0) is 11.8. The van der Waals surface area contributed by atoms with Crippen molar-refractivity contribution in [1.29, 1.82) is 0 Å². The lowest BCUT2D eigenvalue weighted by Gasteiger charge is -2.18. The summed E-state index contributed by atoms with van der Waals surface area (Å²) < 4.78 is 25.0. The summed E-state index contributed by atoms with van der Waals surface area (Å²) in [5, 5.41) is 3.36. The summed E-state index contributed by atoms with van der Waals surface area (Å²) in [6.07, 6.45) is 2.78. The van der Waals surface area contributed by atoms with E-state index in [0.29, 0.717) is 5.69 Å². The number of nitrogens with two attached hydrogens (primary N) is 1. The molecule has 1 aromatic heterocycles. The predicted octanol–water partition coefficient (Wildman–Crippen LogP) is 0.616. The maximum atomic E-state index is 11.4. The normalized spacial score (nSPS) is 16.3. The van der Waals surface area contributed by atoms with E-state index in [1.807, 2.05) is 0 Å². The lowest BCUT2D eigenvalue weighted by Crippen LogP contribution is -2.32. The first kappa shape index (κ1) is 12.7. The molecule has 0 amide bonds. The smallest absolute Gasteiger partial charge is 0.151 e. The van der Waals surface area contributed by atoms with Crippen LogP contribution in [0.15, 0.2) is 10.7 Å². The van der Waals surface area contributed by atoms with Gasteiger partial charge < -0.3 is 5.73 Å². The van der Waals surface area contributed by atoms with Crippen LogP contribution in [0.3, 0.4) is 0 Å². The van der Waals surface area contributed by atoms with Gasteiger partial charge in [0, 0.05) is 13.3 Å². The molecule has 2 unspecified atom stereocenters. The molecular weight excluding hydrogens is 282 g/mol. The molecule has 0 aliphatic carbocycles. The standard InChI is InChI=1S/C8H14BrN3O2S/c1-5(15(3,13)14)7(10)8-6(9)4-11-12(8)2/h4-5,7H,10H2,1-3H3. The van der Waals surface area contributed by atoms with Crippen molar-refractivity contribution < 1.29 is 8.42 Å². The second-order valence-corrected chi connectivity index (χ2v) is 6.82. The Bertz CT molecular complexity index is 435. The van der Waals surface area contributed by atoms with Gasteiger partial charge in [-0.2, -0.15) is 5.10 Å². The molecule has 0 saturated heterocycles. The van der Waals surface area contributed by atoms with Gasteiger partial charge in [-0.25, -0.2) is 8.42 Å². The third-order valence-electron chi connectivity index (χ3n) is 2.43. The molecule has 86 valence electrons. The maximum Gasteiger partial charge on any atom is 0.151 e. The summed E-state index contributed by atoms with van der Waals surface area (Å²) in [5.74, 6) is 0.